The summed E-state index contributed by atoms with van der Waals surface area (Å²) in [7, 11) is 0. The minimum absolute atomic E-state index is 0.0638. The van der Waals surface area contributed by atoms with E-state index < -0.39 is 18.4 Å². The number of allylic oxidation sites excluding steroid dienone is 1. The maximum absolute atomic E-state index is 13.1. The third-order valence-corrected chi connectivity index (χ3v) is 4.21. The highest BCUT2D eigenvalue weighted by molar-refractivity contribution is 7.11. The molecule has 1 heterocycles. The molecule has 0 spiro atoms. The molecule has 0 atom stereocenters. The number of nitriles is 1. The first-order chi connectivity index (χ1) is 12.4. The van der Waals surface area contributed by atoms with Gasteiger partial charge in [-0.1, -0.05) is 18.2 Å². The summed E-state index contributed by atoms with van der Waals surface area (Å²) in [5.41, 5.74) is 6.12. The molecule has 0 aliphatic rings. The van der Waals surface area contributed by atoms with Crippen molar-refractivity contribution in [3.8, 4) is 6.07 Å². The fraction of sp³-hybridized carbons (Fsp3) is 0.105. The zero-order valence-electron chi connectivity index (χ0n) is 13.9. The molecule has 2 aromatic rings. The summed E-state index contributed by atoms with van der Waals surface area (Å²) in [5.74, 6) is -1.79. The van der Waals surface area contributed by atoms with Gasteiger partial charge in [0.15, 0.2) is 6.61 Å². The fourth-order valence-electron chi connectivity index (χ4n) is 2.04. The van der Waals surface area contributed by atoms with Gasteiger partial charge in [-0.15, -0.1) is 11.3 Å². The van der Waals surface area contributed by atoms with Crippen molar-refractivity contribution >= 4 is 34.7 Å². The van der Waals surface area contributed by atoms with E-state index in [0.717, 1.165) is 0 Å². The number of ketones is 1. The van der Waals surface area contributed by atoms with Crippen LogP contribution in [0.1, 0.15) is 17.4 Å². The van der Waals surface area contributed by atoms with Crippen molar-refractivity contribution in [1.82, 2.24) is 0 Å². The van der Waals surface area contributed by atoms with Crippen molar-refractivity contribution in [2.45, 2.75) is 6.92 Å². The first-order valence-electron chi connectivity index (χ1n) is 7.50. The molecule has 1 aromatic heterocycles. The normalized spacial score (nSPS) is 12.1. The van der Waals surface area contributed by atoms with E-state index in [4.69, 9.17) is 15.7 Å². The third-order valence-electron chi connectivity index (χ3n) is 3.31. The smallest absolute Gasteiger partial charge is 0.340 e. The molecule has 0 radical (unpaired) electrons. The summed E-state index contributed by atoms with van der Waals surface area (Å²) < 4.78 is 18.1. The first-order valence-corrected chi connectivity index (χ1v) is 8.38. The van der Waals surface area contributed by atoms with Crippen molar-refractivity contribution in [1.29, 1.82) is 5.26 Å². The van der Waals surface area contributed by atoms with E-state index in [1.165, 1.54) is 42.5 Å². The number of halogens is 1. The average molecular weight is 370 g/mol. The van der Waals surface area contributed by atoms with E-state index in [-0.39, 0.29) is 22.7 Å². The molecular formula is C19H15FN2O3S. The van der Waals surface area contributed by atoms with Crippen LogP contribution in [0.15, 0.2) is 53.0 Å². The minimum Gasteiger partial charge on any atom is -0.454 e. The van der Waals surface area contributed by atoms with E-state index in [1.54, 1.807) is 29.7 Å². The number of hydrogen-bond acceptors (Lipinski definition) is 6. The molecule has 26 heavy (non-hydrogen) atoms. The Morgan fingerprint density at radius 3 is 2.54 bits per heavy atom. The molecular weight excluding hydrogens is 355 g/mol. The number of Topliss-reactive ketones (excluding diaryl/α,β-unsaturated/α-hetero) is 1. The van der Waals surface area contributed by atoms with Gasteiger partial charge >= 0.3 is 5.97 Å². The van der Waals surface area contributed by atoms with Crippen LogP contribution in [-0.2, 0) is 14.3 Å². The Balaban J connectivity index is 2.23. The number of rotatable bonds is 6. The van der Waals surface area contributed by atoms with Gasteiger partial charge in [0.05, 0.1) is 5.57 Å². The minimum atomic E-state index is -0.725. The summed E-state index contributed by atoms with van der Waals surface area (Å²) in [6.07, 6.45) is 1.55. The molecule has 0 saturated heterocycles. The highest BCUT2D eigenvalue weighted by atomic mass is 32.1. The van der Waals surface area contributed by atoms with Gasteiger partial charge in [-0.2, -0.15) is 5.26 Å². The van der Waals surface area contributed by atoms with Gasteiger partial charge in [-0.05, 0) is 42.1 Å². The van der Waals surface area contributed by atoms with Crippen molar-refractivity contribution < 1.29 is 18.7 Å². The molecule has 0 aliphatic heterocycles. The van der Waals surface area contributed by atoms with Gasteiger partial charge in [0.2, 0.25) is 5.78 Å². The quantitative estimate of drug-likeness (QED) is 0.478. The number of nitrogens with zero attached hydrogens (tertiary/aromatic N) is 1. The number of nitrogens with two attached hydrogens (primary N) is 1. The van der Waals surface area contributed by atoms with E-state index in [1.807, 2.05) is 0 Å². The molecule has 132 valence electrons. The molecule has 0 unspecified atom stereocenters. The van der Waals surface area contributed by atoms with Gasteiger partial charge in [0, 0.05) is 10.6 Å². The second-order valence-corrected chi connectivity index (χ2v) is 6.20. The molecule has 5 nitrogen and oxygen atoms in total. The van der Waals surface area contributed by atoms with Crippen molar-refractivity contribution in [2.75, 3.05) is 6.61 Å². The number of carbonyl (C=O) groups is 2. The number of esters is 1. The van der Waals surface area contributed by atoms with Gasteiger partial charge in [-0.25, -0.2) is 9.18 Å². The summed E-state index contributed by atoms with van der Waals surface area (Å²) in [6.45, 7) is 0.826. The summed E-state index contributed by atoms with van der Waals surface area (Å²) in [4.78, 5) is 25.0. The lowest BCUT2D eigenvalue weighted by atomic mass is 10.1. The Morgan fingerprint density at radius 2 is 2.00 bits per heavy atom. The van der Waals surface area contributed by atoms with Crippen LogP contribution >= 0.6 is 11.3 Å². The largest absolute Gasteiger partial charge is 0.454 e. The summed E-state index contributed by atoms with van der Waals surface area (Å²) >= 11 is 1.32. The van der Waals surface area contributed by atoms with Gasteiger partial charge < -0.3 is 10.5 Å². The Kier molecular flexibility index (Phi) is 6.42. The van der Waals surface area contributed by atoms with Crippen molar-refractivity contribution in [3.63, 3.8) is 0 Å². The number of ether oxygens (including phenoxy) is 1. The number of thiophene rings is 1. The Labute approximate surface area is 153 Å². The Morgan fingerprint density at radius 1 is 1.31 bits per heavy atom. The fourth-order valence-corrected chi connectivity index (χ4v) is 2.77. The first kappa shape index (κ1) is 19.1. The highest BCUT2D eigenvalue weighted by Gasteiger charge is 2.19. The SMILES string of the molecule is C/C(N)=C(/C#N)C(=O)COC(=O)/C(=C/c1ccc(F)cc1)c1cccs1. The molecule has 2 N–H and O–H groups in total. The van der Waals surface area contributed by atoms with E-state index in [2.05, 4.69) is 0 Å². The van der Waals surface area contributed by atoms with Crippen LogP contribution < -0.4 is 5.73 Å². The maximum Gasteiger partial charge on any atom is 0.340 e. The van der Waals surface area contributed by atoms with Gasteiger partial charge in [0.25, 0.3) is 0 Å². The van der Waals surface area contributed by atoms with Crippen LogP contribution in [0, 0.1) is 17.1 Å². The van der Waals surface area contributed by atoms with Crippen molar-refractivity contribution in [2.24, 2.45) is 5.73 Å². The van der Waals surface area contributed by atoms with Crippen LogP contribution in [-0.4, -0.2) is 18.4 Å². The van der Waals surface area contributed by atoms with Gasteiger partial charge in [-0.3, -0.25) is 4.79 Å². The zero-order valence-corrected chi connectivity index (χ0v) is 14.7. The number of hydrogen-bond donors (Lipinski definition) is 1. The van der Waals surface area contributed by atoms with E-state index in [0.29, 0.717) is 10.4 Å². The lowest BCUT2D eigenvalue weighted by Crippen LogP contribution is -2.18. The lowest BCUT2D eigenvalue weighted by molar-refractivity contribution is -0.140. The second-order valence-electron chi connectivity index (χ2n) is 5.26. The van der Waals surface area contributed by atoms with E-state index in [9.17, 15) is 14.0 Å². The standard InChI is InChI=1S/C19H15FN2O3S/c1-12(22)16(10-21)17(23)11-25-19(24)15(18-3-2-8-26-18)9-13-4-6-14(20)7-5-13/h2-9H,11,22H2,1H3/b15-9+,16-12+. The maximum atomic E-state index is 13.1. The van der Waals surface area contributed by atoms with E-state index >= 15 is 0 Å². The second kappa shape index (κ2) is 8.74. The Bertz CT molecular complexity index is 903. The average Bonchev–Trinajstić information content (AvgIpc) is 3.13. The van der Waals surface area contributed by atoms with Crippen LogP contribution in [0.2, 0.25) is 0 Å². The molecule has 0 bridgehead atoms. The predicted octanol–water partition coefficient (Wildman–Crippen LogP) is 3.30. The summed E-state index contributed by atoms with van der Waals surface area (Å²) in [5, 5.41) is 10.7. The predicted molar refractivity (Wildman–Crippen MR) is 97.1 cm³/mol. The molecule has 2 rings (SSSR count). The molecule has 0 amide bonds. The molecule has 1 aromatic carbocycles. The third kappa shape index (κ3) is 4.88. The van der Waals surface area contributed by atoms with Crippen molar-refractivity contribution in [3.05, 3.63) is 69.3 Å². The van der Waals surface area contributed by atoms with Crippen LogP contribution in [0.25, 0.3) is 11.6 Å². The lowest BCUT2D eigenvalue weighted by Gasteiger charge is -2.07. The molecule has 7 heteroatoms. The highest BCUT2D eigenvalue weighted by Crippen LogP contribution is 2.24. The summed E-state index contributed by atoms with van der Waals surface area (Å²) in [6, 6.07) is 10.8. The molecule has 0 fully saturated rings. The number of carbonyl (C=O) groups excluding carboxylic acids is 2. The zero-order chi connectivity index (χ0) is 19.1. The number of benzene rings is 1. The monoisotopic (exact) mass is 370 g/mol. The molecule has 0 aliphatic carbocycles. The topological polar surface area (TPSA) is 93.2 Å². The van der Waals surface area contributed by atoms with Crippen LogP contribution in [0.3, 0.4) is 0 Å². The molecule has 0 saturated carbocycles. The van der Waals surface area contributed by atoms with Crippen LogP contribution in [0.4, 0.5) is 4.39 Å². The Hall–Kier alpha value is -3.24. The van der Waals surface area contributed by atoms with Gasteiger partial charge in [0.1, 0.15) is 17.5 Å². The van der Waals surface area contributed by atoms with Crippen LogP contribution in [0.5, 0.6) is 0 Å².